The van der Waals surface area contributed by atoms with Gasteiger partial charge < -0.3 is 19.9 Å². The van der Waals surface area contributed by atoms with Gasteiger partial charge in [0, 0.05) is 37.8 Å². The van der Waals surface area contributed by atoms with Gasteiger partial charge in [-0.3, -0.25) is 4.79 Å². The minimum Gasteiger partial charge on any atom is -0.494 e. The van der Waals surface area contributed by atoms with Crippen molar-refractivity contribution in [3.8, 4) is 5.75 Å². The smallest absolute Gasteiger partial charge is 0.254 e. The first-order valence-corrected chi connectivity index (χ1v) is 10.5. The summed E-state index contributed by atoms with van der Waals surface area (Å²) >= 11 is 0. The van der Waals surface area contributed by atoms with E-state index in [9.17, 15) is 9.18 Å². The lowest BCUT2D eigenvalue weighted by atomic mass is 10.1. The first-order chi connectivity index (χ1) is 15.1. The Labute approximate surface area is 179 Å². The van der Waals surface area contributed by atoms with Gasteiger partial charge in [0.05, 0.1) is 18.1 Å². The highest BCUT2D eigenvalue weighted by Crippen LogP contribution is 2.31. The molecule has 0 atom stereocenters. The number of benzene rings is 2. The van der Waals surface area contributed by atoms with Gasteiger partial charge in [0.25, 0.3) is 5.91 Å². The summed E-state index contributed by atoms with van der Waals surface area (Å²) in [5.41, 5.74) is 2.15. The lowest BCUT2D eigenvalue weighted by Gasteiger charge is -2.36. The van der Waals surface area contributed by atoms with Crippen LogP contribution in [0.25, 0.3) is 11.0 Å². The van der Waals surface area contributed by atoms with Crippen molar-refractivity contribution in [1.82, 2.24) is 14.9 Å². The fourth-order valence-corrected chi connectivity index (χ4v) is 3.83. The van der Waals surface area contributed by atoms with Crippen molar-refractivity contribution < 1.29 is 13.9 Å². The zero-order chi connectivity index (χ0) is 21.4. The van der Waals surface area contributed by atoms with Crippen molar-refractivity contribution >= 4 is 28.6 Å². The van der Waals surface area contributed by atoms with Crippen LogP contribution in [0.2, 0.25) is 0 Å². The third-order valence-electron chi connectivity index (χ3n) is 5.73. The molecule has 0 spiro atoms. The van der Waals surface area contributed by atoms with Crippen LogP contribution >= 0.6 is 0 Å². The van der Waals surface area contributed by atoms with Crippen LogP contribution in [-0.4, -0.2) is 60.1 Å². The van der Waals surface area contributed by atoms with Crippen LogP contribution in [0, 0.1) is 5.82 Å². The molecule has 1 amide bonds. The molecular weight excluding hydrogens is 397 g/mol. The second-order valence-electron chi connectivity index (χ2n) is 7.93. The SMILES string of the molecule is COc1cc(C(=O)N2CCN(c3nc4ccccc4nc3NC3CC3)CC2)ccc1F. The average molecular weight is 421 g/mol. The molecule has 1 saturated carbocycles. The number of ether oxygens (including phenoxy) is 1. The van der Waals surface area contributed by atoms with Gasteiger partial charge in [0.15, 0.2) is 23.2 Å². The normalized spacial score (nSPS) is 16.5. The average Bonchev–Trinajstić information content (AvgIpc) is 3.63. The number of hydrogen-bond donors (Lipinski definition) is 1. The highest BCUT2D eigenvalue weighted by atomic mass is 19.1. The molecule has 0 bridgehead atoms. The van der Waals surface area contributed by atoms with E-state index < -0.39 is 5.82 Å². The van der Waals surface area contributed by atoms with Crippen molar-refractivity contribution in [2.75, 3.05) is 43.5 Å². The molecule has 3 aromatic rings. The minimum atomic E-state index is -0.477. The first kappa shape index (κ1) is 19.5. The van der Waals surface area contributed by atoms with E-state index in [0.29, 0.717) is 37.8 Å². The maximum absolute atomic E-state index is 13.7. The molecular formula is C23H24FN5O2. The van der Waals surface area contributed by atoms with Crippen LogP contribution in [0.15, 0.2) is 42.5 Å². The van der Waals surface area contributed by atoms with Gasteiger partial charge >= 0.3 is 0 Å². The molecule has 5 rings (SSSR count). The van der Waals surface area contributed by atoms with Gasteiger partial charge in [0.1, 0.15) is 0 Å². The molecule has 2 aliphatic rings. The van der Waals surface area contributed by atoms with E-state index in [-0.39, 0.29) is 11.7 Å². The Hall–Kier alpha value is -3.42. The van der Waals surface area contributed by atoms with Crippen molar-refractivity contribution in [2.45, 2.75) is 18.9 Å². The fraction of sp³-hybridized carbons (Fsp3) is 0.348. The summed E-state index contributed by atoms with van der Waals surface area (Å²) in [6, 6.07) is 12.5. The second kappa shape index (κ2) is 8.02. The number of hydrogen-bond acceptors (Lipinski definition) is 6. The Morgan fingerprint density at radius 1 is 1.06 bits per heavy atom. The summed E-state index contributed by atoms with van der Waals surface area (Å²) in [7, 11) is 1.39. The molecule has 2 heterocycles. The van der Waals surface area contributed by atoms with Crippen molar-refractivity contribution in [1.29, 1.82) is 0 Å². The number of carbonyl (C=O) groups is 1. The van der Waals surface area contributed by atoms with Gasteiger partial charge in [0.2, 0.25) is 0 Å². The lowest BCUT2D eigenvalue weighted by molar-refractivity contribution is 0.0746. The molecule has 1 aromatic heterocycles. The number of carbonyl (C=O) groups excluding carboxylic acids is 1. The number of anilines is 2. The number of aromatic nitrogens is 2. The highest BCUT2D eigenvalue weighted by molar-refractivity contribution is 5.95. The molecule has 1 aliphatic heterocycles. The summed E-state index contributed by atoms with van der Waals surface area (Å²) < 4.78 is 18.7. The molecule has 7 nitrogen and oxygen atoms in total. The Bertz CT molecular complexity index is 1130. The van der Waals surface area contributed by atoms with Gasteiger partial charge in [-0.25, -0.2) is 14.4 Å². The van der Waals surface area contributed by atoms with Gasteiger partial charge in [-0.15, -0.1) is 0 Å². The Morgan fingerprint density at radius 3 is 2.45 bits per heavy atom. The maximum atomic E-state index is 13.7. The zero-order valence-corrected chi connectivity index (χ0v) is 17.3. The van der Waals surface area contributed by atoms with Crippen LogP contribution in [0.4, 0.5) is 16.0 Å². The van der Waals surface area contributed by atoms with E-state index in [2.05, 4.69) is 10.2 Å². The number of piperazine rings is 1. The second-order valence-corrected chi connectivity index (χ2v) is 7.93. The standard InChI is InChI=1S/C23H24FN5O2/c1-31-20-14-15(6-9-17(20)24)23(30)29-12-10-28(11-13-29)22-21(25-16-7-8-16)26-18-4-2-3-5-19(18)27-22/h2-6,9,14,16H,7-8,10-13H2,1H3,(H,25,26). The van der Waals surface area contributed by atoms with E-state index >= 15 is 0 Å². The zero-order valence-electron chi connectivity index (χ0n) is 17.3. The molecule has 1 saturated heterocycles. The number of rotatable bonds is 5. The van der Waals surface area contributed by atoms with E-state index in [4.69, 9.17) is 14.7 Å². The third-order valence-corrected chi connectivity index (χ3v) is 5.73. The number of methoxy groups -OCH3 is 1. The predicted molar refractivity (Wildman–Crippen MR) is 117 cm³/mol. The highest BCUT2D eigenvalue weighted by Gasteiger charge is 2.28. The summed E-state index contributed by atoms with van der Waals surface area (Å²) in [5, 5.41) is 3.51. The number of nitrogens with zero attached hydrogens (tertiary/aromatic N) is 4. The van der Waals surface area contributed by atoms with Crippen molar-refractivity contribution in [2.24, 2.45) is 0 Å². The van der Waals surface area contributed by atoms with Crippen molar-refractivity contribution in [3.63, 3.8) is 0 Å². The minimum absolute atomic E-state index is 0.0757. The monoisotopic (exact) mass is 421 g/mol. The number of nitrogens with one attached hydrogen (secondary N) is 1. The molecule has 1 aliphatic carbocycles. The molecule has 160 valence electrons. The molecule has 2 fully saturated rings. The number of para-hydroxylation sites is 2. The van der Waals surface area contributed by atoms with E-state index in [1.54, 1.807) is 4.90 Å². The van der Waals surface area contributed by atoms with Crippen molar-refractivity contribution in [3.05, 3.63) is 53.8 Å². The number of amides is 1. The van der Waals surface area contributed by atoms with E-state index in [0.717, 1.165) is 35.5 Å². The Balaban J connectivity index is 1.34. The van der Waals surface area contributed by atoms with Gasteiger partial charge in [-0.05, 0) is 43.2 Å². The first-order valence-electron chi connectivity index (χ1n) is 10.5. The molecule has 31 heavy (non-hydrogen) atoms. The van der Waals surface area contributed by atoms with Crippen LogP contribution in [-0.2, 0) is 0 Å². The number of fused-ring (bicyclic) bond motifs is 1. The maximum Gasteiger partial charge on any atom is 0.254 e. The Kier molecular flexibility index (Phi) is 5.05. The van der Waals surface area contributed by atoms with Crippen LogP contribution in [0.5, 0.6) is 5.75 Å². The van der Waals surface area contributed by atoms with E-state index in [1.165, 1.54) is 25.3 Å². The largest absolute Gasteiger partial charge is 0.494 e. The summed E-state index contributed by atoms with van der Waals surface area (Å²) in [4.78, 5) is 26.6. The van der Waals surface area contributed by atoms with Crippen LogP contribution in [0.1, 0.15) is 23.2 Å². The topological polar surface area (TPSA) is 70.6 Å². The summed E-state index contributed by atoms with van der Waals surface area (Å²) in [6.45, 7) is 2.40. The molecule has 1 N–H and O–H groups in total. The number of halogens is 1. The molecule has 0 radical (unpaired) electrons. The van der Waals surface area contributed by atoms with Crippen LogP contribution in [0.3, 0.4) is 0 Å². The van der Waals surface area contributed by atoms with E-state index in [1.807, 2.05) is 24.3 Å². The van der Waals surface area contributed by atoms with Crippen LogP contribution < -0.4 is 15.0 Å². The van der Waals surface area contributed by atoms with Gasteiger partial charge in [-0.1, -0.05) is 12.1 Å². The lowest BCUT2D eigenvalue weighted by Crippen LogP contribution is -2.49. The third kappa shape index (κ3) is 3.97. The predicted octanol–water partition coefficient (Wildman–Crippen LogP) is 3.31. The molecule has 2 aromatic carbocycles. The molecule has 0 unspecified atom stereocenters. The Morgan fingerprint density at radius 2 is 1.77 bits per heavy atom. The summed E-state index contributed by atoms with van der Waals surface area (Å²) in [6.07, 6.45) is 2.30. The fourth-order valence-electron chi connectivity index (χ4n) is 3.83. The quantitative estimate of drug-likeness (QED) is 0.682. The summed E-state index contributed by atoms with van der Waals surface area (Å²) in [5.74, 6) is 1.12. The molecule has 8 heteroatoms. The van der Waals surface area contributed by atoms with Gasteiger partial charge in [-0.2, -0.15) is 0 Å².